The minimum Gasteiger partial charge on any atom is -0.355 e. The molecular weight excluding hydrogens is 236 g/mol. The zero-order chi connectivity index (χ0) is 13.8. The lowest BCUT2D eigenvalue weighted by molar-refractivity contribution is -0.120. The van der Waals surface area contributed by atoms with Gasteiger partial charge in [0, 0.05) is 6.54 Å². The maximum atomic E-state index is 12.0. The molecule has 2 rings (SSSR count). The summed E-state index contributed by atoms with van der Waals surface area (Å²) in [5.41, 5.74) is 4.87. The summed E-state index contributed by atoms with van der Waals surface area (Å²) in [4.78, 5) is 12.0. The third-order valence-corrected chi connectivity index (χ3v) is 3.93. The van der Waals surface area contributed by atoms with Crippen molar-refractivity contribution in [2.75, 3.05) is 19.6 Å². The van der Waals surface area contributed by atoms with Gasteiger partial charge in [0.05, 0.1) is 6.42 Å². The van der Waals surface area contributed by atoms with E-state index in [4.69, 9.17) is 0 Å². The highest BCUT2D eigenvalue weighted by Gasteiger charge is 2.16. The standard InChI is InChI=1S/C16H24N2O/c1-11-6-12(2)15(13(3)7-11)8-16(19)18-10-14-4-5-17-9-14/h6-7,14,17H,4-5,8-10H2,1-3H3,(H,18,19). The van der Waals surface area contributed by atoms with Gasteiger partial charge in [-0.1, -0.05) is 17.7 Å². The molecule has 0 spiro atoms. The molecule has 1 saturated heterocycles. The molecule has 1 atom stereocenters. The van der Waals surface area contributed by atoms with E-state index in [0.29, 0.717) is 12.3 Å². The number of amides is 1. The summed E-state index contributed by atoms with van der Waals surface area (Å²) >= 11 is 0. The predicted octanol–water partition coefficient (Wildman–Crippen LogP) is 1.88. The zero-order valence-corrected chi connectivity index (χ0v) is 12.2. The minimum absolute atomic E-state index is 0.141. The first-order valence-electron chi connectivity index (χ1n) is 7.10. The number of rotatable bonds is 4. The van der Waals surface area contributed by atoms with E-state index in [-0.39, 0.29) is 5.91 Å². The van der Waals surface area contributed by atoms with Crippen LogP contribution in [-0.2, 0) is 11.2 Å². The molecule has 0 saturated carbocycles. The van der Waals surface area contributed by atoms with Crippen molar-refractivity contribution in [3.63, 3.8) is 0 Å². The lowest BCUT2D eigenvalue weighted by Crippen LogP contribution is -2.31. The Morgan fingerprint density at radius 1 is 1.32 bits per heavy atom. The van der Waals surface area contributed by atoms with Gasteiger partial charge in [-0.15, -0.1) is 0 Å². The normalized spacial score (nSPS) is 18.6. The highest BCUT2D eigenvalue weighted by molar-refractivity contribution is 5.79. The SMILES string of the molecule is Cc1cc(C)c(CC(=O)NCC2CCNC2)c(C)c1. The predicted molar refractivity (Wildman–Crippen MR) is 78.3 cm³/mol. The van der Waals surface area contributed by atoms with Crippen LogP contribution in [0.3, 0.4) is 0 Å². The Morgan fingerprint density at radius 2 is 2.00 bits per heavy atom. The van der Waals surface area contributed by atoms with Crippen molar-refractivity contribution in [1.29, 1.82) is 0 Å². The van der Waals surface area contributed by atoms with Crippen LogP contribution in [-0.4, -0.2) is 25.5 Å². The average molecular weight is 260 g/mol. The van der Waals surface area contributed by atoms with Crippen LogP contribution in [0.2, 0.25) is 0 Å². The smallest absolute Gasteiger partial charge is 0.224 e. The van der Waals surface area contributed by atoms with E-state index in [2.05, 4.69) is 43.5 Å². The lowest BCUT2D eigenvalue weighted by atomic mass is 9.97. The van der Waals surface area contributed by atoms with Gasteiger partial charge in [0.25, 0.3) is 0 Å². The molecule has 0 bridgehead atoms. The largest absolute Gasteiger partial charge is 0.355 e. The fourth-order valence-corrected chi connectivity index (χ4v) is 2.86. The second-order valence-corrected chi connectivity index (χ2v) is 5.72. The molecule has 1 aromatic rings. The monoisotopic (exact) mass is 260 g/mol. The summed E-state index contributed by atoms with van der Waals surface area (Å²) in [7, 11) is 0. The molecule has 1 heterocycles. The summed E-state index contributed by atoms with van der Waals surface area (Å²) in [6.07, 6.45) is 1.67. The highest BCUT2D eigenvalue weighted by atomic mass is 16.1. The Labute approximate surface area is 115 Å². The Hall–Kier alpha value is -1.35. The van der Waals surface area contributed by atoms with Crippen molar-refractivity contribution in [3.8, 4) is 0 Å². The highest BCUT2D eigenvalue weighted by Crippen LogP contribution is 2.17. The third-order valence-electron chi connectivity index (χ3n) is 3.93. The van der Waals surface area contributed by atoms with Crippen molar-refractivity contribution in [2.24, 2.45) is 5.92 Å². The minimum atomic E-state index is 0.141. The van der Waals surface area contributed by atoms with Crippen LogP contribution in [0, 0.1) is 26.7 Å². The topological polar surface area (TPSA) is 41.1 Å². The molecule has 0 radical (unpaired) electrons. The van der Waals surface area contributed by atoms with E-state index in [0.717, 1.165) is 19.6 Å². The van der Waals surface area contributed by atoms with Crippen LogP contribution in [0.1, 0.15) is 28.7 Å². The summed E-state index contributed by atoms with van der Waals surface area (Å²) < 4.78 is 0. The van der Waals surface area contributed by atoms with Gasteiger partial charge < -0.3 is 10.6 Å². The Bertz CT molecular complexity index is 439. The molecule has 3 nitrogen and oxygen atoms in total. The van der Waals surface area contributed by atoms with Gasteiger partial charge in [-0.25, -0.2) is 0 Å². The van der Waals surface area contributed by atoms with Crippen LogP contribution >= 0.6 is 0 Å². The summed E-state index contributed by atoms with van der Waals surface area (Å²) in [6, 6.07) is 4.30. The number of benzene rings is 1. The van der Waals surface area contributed by atoms with Crippen LogP contribution in [0.4, 0.5) is 0 Å². The van der Waals surface area contributed by atoms with Crippen molar-refractivity contribution in [1.82, 2.24) is 10.6 Å². The maximum Gasteiger partial charge on any atom is 0.224 e. The van der Waals surface area contributed by atoms with Crippen molar-refractivity contribution in [3.05, 3.63) is 34.4 Å². The van der Waals surface area contributed by atoms with Gasteiger partial charge in [0.1, 0.15) is 0 Å². The van der Waals surface area contributed by atoms with E-state index < -0.39 is 0 Å². The molecule has 19 heavy (non-hydrogen) atoms. The molecule has 1 amide bonds. The third kappa shape index (κ3) is 3.80. The summed E-state index contributed by atoms with van der Waals surface area (Å²) in [6.45, 7) is 9.18. The first-order chi connectivity index (χ1) is 9.06. The van der Waals surface area contributed by atoms with Crippen molar-refractivity contribution in [2.45, 2.75) is 33.6 Å². The fourth-order valence-electron chi connectivity index (χ4n) is 2.86. The van der Waals surface area contributed by atoms with Gasteiger partial charge in [0.2, 0.25) is 5.91 Å². The molecule has 3 heteroatoms. The molecular formula is C16H24N2O. The average Bonchev–Trinajstić information content (AvgIpc) is 2.84. The van der Waals surface area contributed by atoms with E-state index >= 15 is 0 Å². The second kappa shape index (κ2) is 6.20. The number of aryl methyl sites for hydroxylation is 3. The number of hydrogen-bond donors (Lipinski definition) is 2. The molecule has 1 aliphatic heterocycles. The number of carbonyl (C=O) groups is 1. The fraction of sp³-hybridized carbons (Fsp3) is 0.562. The second-order valence-electron chi connectivity index (χ2n) is 5.72. The Balaban J connectivity index is 1.91. The van der Waals surface area contributed by atoms with E-state index in [9.17, 15) is 4.79 Å². The summed E-state index contributed by atoms with van der Waals surface area (Å²) in [5, 5.41) is 6.38. The first-order valence-corrected chi connectivity index (χ1v) is 7.10. The van der Waals surface area contributed by atoms with Gasteiger partial charge >= 0.3 is 0 Å². The molecule has 1 fully saturated rings. The Kier molecular flexibility index (Phi) is 4.59. The molecule has 104 valence electrons. The van der Waals surface area contributed by atoms with Gasteiger partial charge in [-0.3, -0.25) is 4.79 Å². The number of hydrogen-bond acceptors (Lipinski definition) is 2. The lowest BCUT2D eigenvalue weighted by Gasteiger charge is -2.13. The van der Waals surface area contributed by atoms with E-state index in [1.54, 1.807) is 0 Å². The molecule has 2 N–H and O–H groups in total. The number of carbonyl (C=O) groups excluding carboxylic acids is 1. The molecule has 0 aliphatic carbocycles. The molecule has 1 aliphatic rings. The first kappa shape index (κ1) is 14.1. The maximum absolute atomic E-state index is 12.0. The van der Waals surface area contributed by atoms with Gasteiger partial charge in [-0.2, -0.15) is 0 Å². The van der Waals surface area contributed by atoms with Crippen LogP contribution in [0.5, 0.6) is 0 Å². The van der Waals surface area contributed by atoms with Crippen LogP contribution < -0.4 is 10.6 Å². The van der Waals surface area contributed by atoms with Crippen molar-refractivity contribution < 1.29 is 4.79 Å². The van der Waals surface area contributed by atoms with Gasteiger partial charge in [0.15, 0.2) is 0 Å². The van der Waals surface area contributed by atoms with Crippen LogP contribution in [0.25, 0.3) is 0 Å². The quantitative estimate of drug-likeness (QED) is 0.868. The zero-order valence-electron chi connectivity index (χ0n) is 12.2. The van der Waals surface area contributed by atoms with Crippen LogP contribution in [0.15, 0.2) is 12.1 Å². The van der Waals surface area contributed by atoms with E-state index in [1.807, 2.05) is 0 Å². The molecule has 1 unspecified atom stereocenters. The molecule has 0 aromatic heterocycles. The number of nitrogens with one attached hydrogen (secondary N) is 2. The summed E-state index contributed by atoms with van der Waals surface area (Å²) in [5.74, 6) is 0.742. The molecule has 1 aromatic carbocycles. The van der Waals surface area contributed by atoms with Gasteiger partial charge in [-0.05, 0) is 62.9 Å². The Morgan fingerprint density at radius 3 is 2.58 bits per heavy atom. The van der Waals surface area contributed by atoms with E-state index in [1.165, 1.54) is 28.7 Å². The van der Waals surface area contributed by atoms with Crippen molar-refractivity contribution >= 4 is 5.91 Å².